The van der Waals surface area contributed by atoms with Crippen LogP contribution in [0.25, 0.3) is 0 Å². The van der Waals surface area contributed by atoms with E-state index >= 15 is 0 Å². The maximum Gasteiger partial charge on any atom is 0.287 e. The van der Waals surface area contributed by atoms with Gasteiger partial charge in [0.25, 0.3) is 5.56 Å². The summed E-state index contributed by atoms with van der Waals surface area (Å²) in [5.41, 5.74) is 0.406. The fourth-order valence-corrected chi connectivity index (χ4v) is 2.72. The lowest BCUT2D eigenvalue weighted by molar-refractivity contribution is 0.364. The van der Waals surface area contributed by atoms with Gasteiger partial charge in [-0.1, -0.05) is 11.6 Å². The molecule has 2 rings (SSSR count). The molecule has 1 aliphatic heterocycles. The Morgan fingerprint density at radius 1 is 1.60 bits per heavy atom. The van der Waals surface area contributed by atoms with Gasteiger partial charge in [0.2, 0.25) is 0 Å². The van der Waals surface area contributed by atoms with Crippen molar-refractivity contribution in [2.75, 3.05) is 25.0 Å². The average Bonchev–Trinajstić information content (AvgIpc) is 2.44. The molecule has 0 amide bonds. The minimum atomic E-state index is -0.231. The summed E-state index contributed by atoms with van der Waals surface area (Å²) in [6.07, 6.45) is 5.24. The van der Waals surface area contributed by atoms with Crippen LogP contribution in [0.4, 0.5) is 5.69 Å². The minimum Gasteiger partial charge on any atom is -0.382 e. The lowest BCUT2D eigenvalue weighted by Gasteiger charge is -2.23. The Morgan fingerprint density at radius 3 is 3.05 bits per heavy atom. The standard InChI is InChI=1S/C14H23ClN4O/c1-10(2)19-14(20)13(15)12(9-18-19)17-7-5-11-4-3-6-16-8-11/h9-11,16-17H,3-8H2,1-2H3. The fraction of sp³-hybridized carbons (Fsp3) is 0.714. The van der Waals surface area contributed by atoms with Crippen molar-refractivity contribution in [3.8, 4) is 0 Å². The molecule has 0 aliphatic carbocycles. The molecule has 1 fully saturated rings. The van der Waals surface area contributed by atoms with Gasteiger partial charge in [-0.05, 0) is 52.1 Å². The number of rotatable bonds is 5. The number of aromatic nitrogens is 2. The highest BCUT2D eigenvalue weighted by Gasteiger charge is 2.14. The second-order valence-electron chi connectivity index (χ2n) is 5.64. The van der Waals surface area contributed by atoms with Gasteiger partial charge in [0.15, 0.2) is 0 Å². The van der Waals surface area contributed by atoms with Crippen LogP contribution in [0.15, 0.2) is 11.0 Å². The third-order valence-corrected chi connectivity index (χ3v) is 4.06. The van der Waals surface area contributed by atoms with Crippen LogP contribution in [0, 0.1) is 5.92 Å². The van der Waals surface area contributed by atoms with Crippen LogP contribution in [0.2, 0.25) is 5.02 Å². The molecule has 1 atom stereocenters. The number of piperidine rings is 1. The zero-order valence-corrected chi connectivity index (χ0v) is 12.9. The quantitative estimate of drug-likeness (QED) is 0.875. The van der Waals surface area contributed by atoms with E-state index in [-0.39, 0.29) is 16.6 Å². The third kappa shape index (κ3) is 3.73. The van der Waals surface area contributed by atoms with Crippen molar-refractivity contribution >= 4 is 17.3 Å². The van der Waals surface area contributed by atoms with Crippen LogP contribution in [-0.2, 0) is 0 Å². The van der Waals surface area contributed by atoms with Gasteiger partial charge in [-0.15, -0.1) is 0 Å². The SMILES string of the molecule is CC(C)n1ncc(NCCC2CCCNC2)c(Cl)c1=O. The van der Waals surface area contributed by atoms with Crippen molar-refractivity contribution in [1.82, 2.24) is 15.1 Å². The van der Waals surface area contributed by atoms with Crippen molar-refractivity contribution in [3.63, 3.8) is 0 Å². The van der Waals surface area contributed by atoms with E-state index in [4.69, 9.17) is 11.6 Å². The lowest BCUT2D eigenvalue weighted by Crippen LogP contribution is -2.31. The fourth-order valence-electron chi connectivity index (χ4n) is 2.52. The molecule has 5 nitrogen and oxygen atoms in total. The Morgan fingerprint density at radius 2 is 2.40 bits per heavy atom. The van der Waals surface area contributed by atoms with Gasteiger partial charge in [0, 0.05) is 6.54 Å². The highest BCUT2D eigenvalue weighted by molar-refractivity contribution is 6.32. The van der Waals surface area contributed by atoms with Crippen molar-refractivity contribution in [2.24, 2.45) is 5.92 Å². The van der Waals surface area contributed by atoms with Gasteiger partial charge in [0.05, 0.1) is 17.9 Å². The summed E-state index contributed by atoms with van der Waals surface area (Å²) in [5.74, 6) is 0.707. The van der Waals surface area contributed by atoms with E-state index in [2.05, 4.69) is 15.7 Å². The molecule has 1 unspecified atom stereocenters. The van der Waals surface area contributed by atoms with Crippen molar-refractivity contribution in [2.45, 2.75) is 39.2 Å². The third-order valence-electron chi connectivity index (χ3n) is 3.70. The first-order valence-electron chi connectivity index (χ1n) is 7.31. The van der Waals surface area contributed by atoms with Crippen LogP contribution >= 0.6 is 11.6 Å². The highest BCUT2D eigenvalue weighted by Crippen LogP contribution is 2.18. The number of hydrogen-bond donors (Lipinski definition) is 2. The second-order valence-corrected chi connectivity index (χ2v) is 6.02. The molecule has 0 aromatic carbocycles. The molecule has 2 heterocycles. The van der Waals surface area contributed by atoms with E-state index in [9.17, 15) is 4.79 Å². The largest absolute Gasteiger partial charge is 0.382 e. The predicted molar refractivity (Wildman–Crippen MR) is 82.6 cm³/mol. The first-order chi connectivity index (χ1) is 9.59. The zero-order chi connectivity index (χ0) is 14.5. The molecule has 0 spiro atoms. The number of anilines is 1. The first kappa shape index (κ1) is 15.3. The van der Waals surface area contributed by atoms with E-state index < -0.39 is 0 Å². The van der Waals surface area contributed by atoms with Crippen molar-refractivity contribution < 1.29 is 0 Å². The molecule has 0 radical (unpaired) electrons. The van der Waals surface area contributed by atoms with Gasteiger partial charge in [-0.25, -0.2) is 4.68 Å². The summed E-state index contributed by atoms with van der Waals surface area (Å²) in [6.45, 7) is 6.86. The number of nitrogens with one attached hydrogen (secondary N) is 2. The predicted octanol–water partition coefficient (Wildman–Crippen LogP) is 2.28. The molecule has 1 aliphatic rings. The monoisotopic (exact) mass is 298 g/mol. The molecule has 1 aromatic heterocycles. The van der Waals surface area contributed by atoms with Crippen molar-refractivity contribution in [1.29, 1.82) is 0 Å². The minimum absolute atomic E-state index is 0.0161. The Hall–Kier alpha value is -1.07. The highest BCUT2D eigenvalue weighted by atomic mass is 35.5. The average molecular weight is 299 g/mol. The summed E-state index contributed by atoms with van der Waals surface area (Å²) >= 11 is 6.12. The topological polar surface area (TPSA) is 59.0 Å². The second kappa shape index (κ2) is 7.09. The maximum atomic E-state index is 12.0. The number of nitrogens with zero attached hydrogens (tertiary/aromatic N) is 2. The molecule has 0 bridgehead atoms. The lowest BCUT2D eigenvalue weighted by atomic mass is 9.96. The number of halogens is 1. The van der Waals surface area contributed by atoms with Gasteiger partial charge in [-0.3, -0.25) is 4.79 Å². The van der Waals surface area contributed by atoms with Gasteiger partial charge >= 0.3 is 0 Å². The van der Waals surface area contributed by atoms with E-state index in [1.165, 1.54) is 17.5 Å². The Bertz CT molecular complexity index is 494. The van der Waals surface area contributed by atoms with E-state index in [1.807, 2.05) is 13.8 Å². The van der Waals surface area contributed by atoms with Gasteiger partial charge in [-0.2, -0.15) is 5.10 Å². The maximum absolute atomic E-state index is 12.0. The zero-order valence-electron chi connectivity index (χ0n) is 12.2. The molecule has 1 aromatic rings. The molecule has 6 heteroatoms. The van der Waals surface area contributed by atoms with Crippen LogP contribution in [0.5, 0.6) is 0 Å². The Balaban J connectivity index is 1.93. The molecule has 0 saturated carbocycles. The van der Waals surface area contributed by atoms with Gasteiger partial charge < -0.3 is 10.6 Å². The van der Waals surface area contributed by atoms with E-state index in [1.54, 1.807) is 6.20 Å². The summed E-state index contributed by atoms with van der Waals surface area (Å²) in [5, 5.41) is 11.0. The molecule has 1 saturated heterocycles. The first-order valence-corrected chi connectivity index (χ1v) is 7.69. The molecule has 2 N–H and O–H groups in total. The molecular formula is C14H23ClN4O. The summed E-state index contributed by atoms with van der Waals surface area (Å²) in [4.78, 5) is 12.0. The van der Waals surface area contributed by atoms with E-state index in [0.29, 0.717) is 11.6 Å². The molecular weight excluding hydrogens is 276 g/mol. The van der Waals surface area contributed by atoms with Crippen LogP contribution in [0.3, 0.4) is 0 Å². The normalized spacial score (nSPS) is 19.3. The molecule has 112 valence electrons. The van der Waals surface area contributed by atoms with Gasteiger partial charge in [0.1, 0.15) is 5.02 Å². The Kier molecular flexibility index (Phi) is 5.43. The summed E-state index contributed by atoms with van der Waals surface area (Å²) in [6, 6.07) is 0.0161. The van der Waals surface area contributed by atoms with Crippen molar-refractivity contribution in [3.05, 3.63) is 21.6 Å². The number of hydrogen-bond acceptors (Lipinski definition) is 4. The van der Waals surface area contributed by atoms with Crippen LogP contribution < -0.4 is 16.2 Å². The Labute approximate surface area is 124 Å². The van der Waals surface area contributed by atoms with Crippen LogP contribution in [0.1, 0.15) is 39.2 Å². The summed E-state index contributed by atoms with van der Waals surface area (Å²) < 4.78 is 1.40. The smallest absolute Gasteiger partial charge is 0.287 e. The van der Waals surface area contributed by atoms with E-state index in [0.717, 1.165) is 26.1 Å². The molecule has 20 heavy (non-hydrogen) atoms. The summed E-state index contributed by atoms with van der Waals surface area (Å²) in [7, 11) is 0. The van der Waals surface area contributed by atoms with Crippen LogP contribution in [-0.4, -0.2) is 29.4 Å².